The van der Waals surface area contributed by atoms with Crippen molar-refractivity contribution in [2.45, 2.75) is 20.8 Å². The molecule has 3 nitrogen and oxygen atoms in total. The van der Waals surface area contributed by atoms with Crippen LogP contribution in [0.15, 0.2) is 120 Å². The summed E-state index contributed by atoms with van der Waals surface area (Å²) in [6, 6.07) is 41.6. The quantitative estimate of drug-likeness (QED) is 0.172. The third-order valence-electron chi connectivity index (χ3n) is 6.81. The first-order chi connectivity index (χ1) is 19.5. The average Bonchev–Trinajstić information content (AvgIpc) is 3.36. The van der Waals surface area contributed by atoms with E-state index in [9.17, 15) is 0 Å². The molecule has 0 unspecified atom stereocenters. The Morgan fingerprint density at radius 2 is 1.41 bits per heavy atom. The molecule has 0 saturated heterocycles. The Hall–Kier alpha value is -4.37. The molecule has 1 radical (unpaired) electrons. The van der Waals surface area contributed by atoms with Gasteiger partial charge in [-0.15, -0.1) is 53.1 Å². The third kappa shape index (κ3) is 6.20. The number of fused-ring (bicyclic) bond motifs is 3. The number of hydrogen-bond acceptors (Lipinski definition) is 3. The molecule has 4 heteroatoms. The van der Waals surface area contributed by atoms with Crippen LogP contribution in [-0.2, 0) is 20.1 Å². The smallest absolute Gasteiger partial charge is 0.121 e. The molecular weight excluding hydrogens is 681 g/mol. The maximum atomic E-state index is 6.05. The van der Waals surface area contributed by atoms with Crippen molar-refractivity contribution in [1.29, 1.82) is 0 Å². The Bertz CT molecular complexity index is 1930. The Balaban J connectivity index is 0.000000161. The van der Waals surface area contributed by atoms with E-state index in [1.807, 2.05) is 48.7 Å². The molecule has 0 bridgehead atoms. The number of hydrogen-bond donors (Lipinski definition) is 0. The van der Waals surface area contributed by atoms with Crippen molar-refractivity contribution in [3.8, 4) is 33.6 Å². The Morgan fingerprint density at radius 1 is 0.634 bits per heavy atom. The summed E-state index contributed by atoms with van der Waals surface area (Å²) in [5.41, 5.74) is 11.6. The number of nitrogens with zero attached hydrogens (tertiary/aromatic N) is 2. The number of rotatable bonds is 3. The minimum absolute atomic E-state index is 0. The second-order valence-electron chi connectivity index (χ2n) is 9.96. The molecule has 203 valence electrons. The number of aromatic nitrogens is 2. The average molecular weight is 709 g/mol. The fourth-order valence-electron chi connectivity index (χ4n) is 4.88. The van der Waals surface area contributed by atoms with E-state index in [0.29, 0.717) is 0 Å². The number of pyridine rings is 2. The topological polar surface area (TPSA) is 38.9 Å². The van der Waals surface area contributed by atoms with Gasteiger partial charge < -0.3 is 14.4 Å². The van der Waals surface area contributed by atoms with Crippen molar-refractivity contribution in [1.82, 2.24) is 9.97 Å². The summed E-state index contributed by atoms with van der Waals surface area (Å²) in [6.45, 7) is 6.23. The second-order valence-corrected chi connectivity index (χ2v) is 9.96. The molecule has 3 aromatic heterocycles. The summed E-state index contributed by atoms with van der Waals surface area (Å²) in [4.78, 5) is 8.85. The molecule has 0 atom stereocenters. The molecule has 7 rings (SSSR count). The van der Waals surface area contributed by atoms with Crippen LogP contribution >= 0.6 is 0 Å². The molecule has 0 fully saturated rings. The van der Waals surface area contributed by atoms with Crippen LogP contribution in [-0.4, -0.2) is 9.97 Å². The molecule has 0 aliphatic rings. The second kappa shape index (κ2) is 12.4. The van der Waals surface area contributed by atoms with Crippen molar-refractivity contribution in [3.63, 3.8) is 0 Å². The van der Waals surface area contributed by atoms with Crippen molar-refractivity contribution in [2.24, 2.45) is 0 Å². The van der Waals surface area contributed by atoms with Crippen LogP contribution in [0.4, 0.5) is 0 Å². The van der Waals surface area contributed by atoms with Crippen LogP contribution in [0, 0.1) is 32.9 Å². The summed E-state index contributed by atoms with van der Waals surface area (Å²) in [7, 11) is 0. The van der Waals surface area contributed by atoms with Gasteiger partial charge in [0.25, 0.3) is 0 Å². The molecule has 7 aromatic rings. The zero-order chi connectivity index (χ0) is 27.5. The fourth-order valence-corrected chi connectivity index (χ4v) is 4.88. The van der Waals surface area contributed by atoms with Gasteiger partial charge in [0.1, 0.15) is 5.58 Å². The molecule has 0 saturated carbocycles. The van der Waals surface area contributed by atoms with E-state index in [1.165, 1.54) is 22.3 Å². The van der Waals surface area contributed by atoms with Crippen molar-refractivity contribution >= 4 is 21.9 Å². The molecule has 0 spiro atoms. The van der Waals surface area contributed by atoms with Gasteiger partial charge in [0.2, 0.25) is 0 Å². The molecule has 0 amide bonds. The van der Waals surface area contributed by atoms with Gasteiger partial charge in [-0.2, -0.15) is 0 Å². The SMILES string of the molecule is Cc1[c-]c(-c2cc(C)ccn2)cc(-c2ccccc2)c1.Cc1ccc2c(c1)oc1c(-c3ccccn3)[c-]ccc12.[Ir]. The van der Waals surface area contributed by atoms with E-state index in [1.54, 1.807) is 6.20 Å². The van der Waals surface area contributed by atoms with Crippen LogP contribution in [0.1, 0.15) is 16.7 Å². The van der Waals surface area contributed by atoms with Gasteiger partial charge in [0.05, 0.1) is 5.58 Å². The summed E-state index contributed by atoms with van der Waals surface area (Å²) < 4.78 is 6.05. The van der Waals surface area contributed by atoms with Crippen LogP contribution in [0.25, 0.3) is 55.6 Å². The van der Waals surface area contributed by atoms with Crippen LogP contribution in [0.5, 0.6) is 0 Å². The molecule has 0 aliphatic heterocycles. The predicted octanol–water partition coefficient (Wildman–Crippen LogP) is 9.59. The first-order valence-electron chi connectivity index (χ1n) is 13.3. The van der Waals surface area contributed by atoms with E-state index in [2.05, 4.69) is 104 Å². The first kappa shape index (κ1) is 28.2. The standard InChI is InChI=1S/C19H16N.C18H12NO.Ir/c1-14-8-9-20-19(12-14)18-11-15(2)10-17(13-18)16-6-4-3-5-7-16;1-12-8-9-13-14-5-4-6-15(16-7-2-3-10-19-16)18(14)20-17(13)11-12;/h3-10,12-13H,1-2H3;2-5,7-11H,1H3;/q2*-1;. The van der Waals surface area contributed by atoms with Gasteiger partial charge in [0, 0.05) is 37.9 Å². The third-order valence-corrected chi connectivity index (χ3v) is 6.81. The van der Waals surface area contributed by atoms with Gasteiger partial charge in [-0.25, -0.2) is 0 Å². The molecule has 4 aromatic carbocycles. The van der Waals surface area contributed by atoms with E-state index in [-0.39, 0.29) is 20.1 Å². The summed E-state index contributed by atoms with van der Waals surface area (Å²) in [6.07, 6.45) is 3.64. The predicted molar refractivity (Wildman–Crippen MR) is 164 cm³/mol. The first-order valence-corrected chi connectivity index (χ1v) is 13.3. The van der Waals surface area contributed by atoms with Gasteiger partial charge in [-0.3, -0.25) is 0 Å². The summed E-state index contributed by atoms with van der Waals surface area (Å²) in [5, 5.41) is 2.25. The minimum Gasteiger partial charge on any atom is -0.501 e. The van der Waals surface area contributed by atoms with Crippen molar-refractivity contribution < 1.29 is 24.5 Å². The molecular formula is C37H28IrN2O-2. The normalized spacial score (nSPS) is 10.6. The Morgan fingerprint density at radius 3 is 2.20 bits per heavy atom. The van der Waals surface area contributed by atoms with Gasteiger partial charge in [-0.1, -0.05) is 84.1 Å². The molecule has 41 heavy (non-hydrogen) atoms. The summed E-state index contributed by atoms with van der Waals surface area (Å²) >= 11 is 0. The monoisotopic (exact) mass is 709 g/mol. The van der Waals surface area contributed by atoms with E-state index in [0.717, 1.165) is 50.0 Å². The van der Waals surface area contributed by atoms with Gasteiger partial charge >= 0.3 is 0 Å². The van der Waals surface area contributed by atoms with Crippen LogP contribution < -0.4 is 0 Å². The van der Waals surface area contributed by atoms with Crippen LogP contribution in [0.2, 0.25) is 0 Å². The van der Waals surface area contributed by atoms with Gasteiger partial charge in [-0.05, 0) is 54.6 Å². The van der Waals surface area contributed by atoms with Crippen molar-refractivity contribution in [2.75, 3.05) is 0 Å². The van der Waals surface area contributed by atoms with E-state index < -0.39 is 0 Å². The van der Waals surface area contributed by atoms with Gasteiger partial charge in [0.15, 0.2) is 0 Å². The van der Waals surface area contributed by atoms with Crippen LogP contribution in [0.3, 0.4) is 0 Å². The van der Waals surface area contributed by atoms with Crippen molar-refractivity contribution in [3.05, 3.63) is 144 Å². The number of benzene rings is 4. The van der Waals surface area contributed by atoms with E-state index in [4.69, 9.17) is 4.42 Å². The maximum Gasteiger partial charge on any atom is 0.121 e. The fraction of sp³-hybridized carbons (Fsp3) is 0.0811. The number of aryl methyl sites for hydroxylation is 3. The largest absolute Gasteiger partial charge is 0.501 e. The molecule has 0 N–H and O–H groups in total. The number of furan rings is 1. The Kier molecular flexibility index (Phi) is 8.54. The molecule has 3 heterocycles. The maximum absolute atomic E-state index is 6.05. The zero-order valence-corrected chi connectivity index (χ0v) is 25.5. The summed E-state index contributed by atoms with van der Waals surface area (Å²) in [5.74, 6) is 0. The molecule has 0 aliphatic carbocycles. The Labute approximate surface area is 254 Å². The minimum atomic E-state index is 0. The van der Waals surface area contributed by atoms with E-state index >= 15 is 0 Å². The zero-order valence-electron chi connectivity index (χ0n) is 23.1.